The van der Waals surface area contributed by atoms with Gasteiger partial charge in [0, 0.05) is 43.8 Å². The molecule has 0 aliphatic rings. The normalized spacial score (nSPS) is 10.9. The molecular weight excluding hydrogens is 246 g/mol. The minimum absolute atomic E-state index is 0.571. The lowest BCUT2D eigenvalue weighted by Crippen LogP contribution is -2.15. The van der Waals surface area contributed by atoms with Crippen molar-refractivity contribution in [1.82, 2.24) is 14.8 Å². The van der Waals surface area contributed by atoms with Gasteiger partial charge in [0.1, 0.15) is 0 Å². The number of nitrogens with two attached hydrogens (primary N) is 1. The number of anilines is 1. The van der Waals surface area contributed by atoms with Crippen LogP contribution in [-0.2, 0) is 26.6 Å². The smallest absolute Gasteiger partial charge is 0.185 e. The summed E-state index contributed by atoms with van der Waals surface area (Å²) >= 11 is 1.68. The molecule has 2 aromatic heterocycles. The molecule has 0 unspecified atom stereocenters. The average Bonchev–Trinajstić information content (AvgIpc) is 2.95. The van der Waals surface area contributed by atoms with E-state index in [1.54, 1.807) is 11.3 Å². The monoisotopic (exact) mass is 265 g/mol. The van der Waals surface area contributed by atoms with E-state index in [9.17, 15) is 0 Å². The van der Waals surface area contributed by atoms with Crippen LogP contribution >= 0.6 is 11.3 Å². The molecule has 0 bridgehead atoms. The van der Waals surface area contributed by atoms with Crippen molar-refractivity contribution in [3.63, 3.8) is 0 Å². The second-order valence-electron chi connectivity index (χ2n) is 4.30. The van der Waals surface area contributed by atoms with E-state index in [0.29, 0.717) is 6.54 Å². The Morgan fingerprint density at radius 2 is 2.28 bits per heavy atom. The zero-order chi connectivity index (χ0) is 13.1. The molecule has 0 aliphatic carbocycles. The lowest BCUT2D eigenvalue weighted by atomic mass is 10.3. The van der Waals surface area contributed by atoms with Gasteiger partial charge in [0.15, 0.2) is 5.13 Å². The van der Waals surface area contributed by atoms with E-state index in [-0.39, 0.29) is 0 Å². The molecule has 5 nitrogen and oxygen atoms in total. The van der Waals surface area contributed by atoms with Crippen molar-refractivity contribution in [1.29, 1.82) is 0 Å². The van der Waals surface area contributed by atoms with Crippen molar-refractivity contribution in [3.05, 3.63) is 28.5 Å². The maximum absolute atomic E-state index is 5.73. The number of hydrogen-bond donors (Lipinski definition) is 1. The van der Waals surface area contributed by atoms with Crippen LogP contribution in [0.25, 0.3) is 0 Å². The van der Waals surface area contributed by atoms with Crippen LogP contribution < -0.4 is 10.6 Å². The van der Waals surface area contributed by atoms with Crippen molar-refractivity contribution >= 4 is 16.5 Å². The summed E-state index contributed by atoms with van der Waals surface area (Å²) in [6.07, 6.45) is 4.84. The van der Waals surface area contributed by atoms with Gasteiger partial charge in [0.05, 0.1) is 11.9 Å². The summed E-state index contributed by atoms with van der Waals surface area (Å²) in [5.41, 5.74) is 8.04. The zero-order valence-electron chi connectivity index (χ0n) is 11.1. The van der Waals surface area contributed by atoms with E-state index in [4.69, 9.17) is 5.73 Å². The molecule has 6 heteroatoms. The number of thiazole rings is 1. The quantitative estimate of drug-likeness (QED) is 0.890. The van der Waals surface area contributed by atoms with E-state index in [2.05, 4.69) is 21.9 Å². The van der Waals surface area contributed by atoms with Gasteiger partial charge in [0.2, 0.25) is 0 Å². The van der Waals surface area contributed by atoms with Crippen LogP contribution in [0.3, 0.4) is 0 Å². The van der Waals surface area contributed by atoms with E-state index in [0.717, 1.165) is 23.8 Å². The highest BCUT2D eigenvalue weighted by molar-refractivity contribution is 7.15. The molecule has 2 rings (SSSR count). The number of rotatable bonds is 5. The summed E-state index contributed by atoms with van der Waals surface area (Å²) in [6.45, 7) is 3.50. The largest absolute Gasteiger partial charge is 0.347 e. The number of aryl methyl sites for hydroxylation is 2. The van der Waals surface area contributed by atoms with Crippen LogP contribution in [-0.4, -0.2) is 21.8 Å². The Kier molecular flexibility index (Phi) is 3.98. The predicted octanol–water partition coefficient (Wildman–Crippen LogP) is 1.53. The second kappa shape index (κ2) is 5.49. The Balaban J connectivity index is 2.13. The summed E-state index contributed by atoms with van der Waals surface area (Å²) in [7, 11) is 3.97. The molecule has 0 aliphatic heterocycles. The SMILES string of the molecule is CCc1nc(N(C)Cc2cnn(C)c2)sc1CN. The van der Waals surface area contributed by atoms with Gasteiger partial charge in [0.25, 0.3) is 0 Å². The van der Waals surface area contributed by atoms with E-state index >= 15 is 0 Å². The van der Waals surface area contributed by atoms with E-state index in [1.807, 2.05) is 31.2 Å². The van der Waals surface area contributed by atoms with Crippen LogP contribution in [0.4, 0.5) is 5.13 Å². The predicted molar refractivity (Wildman–Crippen MR) is 74.7 cm³/mol. The fourth-order valence-electron chi connectivity index (χ4n) is 1.86. The number of nitrogens with zero attached hydrogens (tertiary/aromatic N) is 4. The zero-order valence-corrected chi connectivity index (χ0v) is 11.9. The second-order valence-corrected chi connectivity index (χ2v) is 5.36. The lowest BCUT2D eigenvalue weighted by Gasteiger charge is -2.14. The van der Waals surface area contributed by atoms with Crippen molar-refractivity contribution in [2.75, 3.05) is 11.9 Å². The van der Waals surface area contributed by atoms with Gasteiger partial charge in [-0.1, -0.05) is 6.92 Å². The Morgan fingerprint density at radius 1 is 1.50 bits per heavy atom. The number of hydrogen-bond acceptors (Lipinski definition) is 5. The van der Waals surface area contributed by atoms with Crippen LogP contribution in [0.15, 0.2) is 12.4 Å². The highest BCUT2D eigenvalue weighted by Crippen LogP contribution is 2.26. The minimum atomic E-state index is 0.571. The van der Waals surface area contributed by atoms with Crippen molar-refractivity contribution in [3.8, 4) is 0 Å². The van der Waals surface area contributed by atoms with Crippen LogP contribution in [0.1, 0.15) is 23.1 Å². The third-order valence-electron chi connectivity index (χ3n) is 2.79. The molecule has 2 heterocycles. The van der Waals surface area contributed by atoms with Gasteiger partial charge < -0.3 is 10.6 Å². The minimum Gasteiger partial charge on any atom is -0.347 e. The third kappa shape index (κ3) is 2.70. The number of aromatic nitrogens is 3. The molecule has 0 saturated heterocycles. The van der Waals surface area contributed by atoms with E-state index < -0.39 is 0 Å². The lowest BCUT2D eigenvalue weighted by molar-refractivity contribution is 0.766. The van der Waals surface area contributed by atoms with Gasteiger partial charge in [-0.3, -0.25) is 4.68 Å². The van der Waals surface area contributed by atoms with Gasteiger partial charge in [-0.05, 0) is 6.42 Å². The molecule has 0 atom stereocenters. The molecule has 0 aromatic carbocycles. The summed E-state index contributed by atoms with van der Waals surface area (Å²) in [5.74, 6) is 0. The summed E-state index contributed by atoms with van der Waals surface area (Å²) in [6, 6.07) is 0. The van der Waals surface area contributed by atoms with Gasteiger partial charge in [-0.2, -0.15) is 5.10 Å². The topological polar surface area (TPSA) is 60.0 Å². The Bertz CT molecular complexity index is 495. The molecule has 2 N–H and O–H groups in total. The van der Waals surface area contributed by atoms with Crippen LogP contribution in [0.2, 0.25) is 0 Å². The molecular formula is C12H19N5S. The first-order chi connectivity index (χ1) is 8.63. The maximum atomic E-state index is 5.73. The van der Waals surface area contributed by atoms with Gasteiger partial charge >= 0.3 is 0 Å². The first kappa shape index (κ1) is 13.0. The standard InChI is InChI=1S/C12H19N5S/c1-4-10-11(5-13)18-12(15-10)16(2)7-9-6-14-17(3)8-9/h6,8H,4-5,7,13H2,1-3H3. The summed E-state index contributed by atoms with van der Waals surface area (Å²) < 4.78 is 1.81. The molecule has 0 amide bonds. The Morgan fingerprint density at radius 3 is 2.78 bits per heavy atom. The summed E-state index contributed by atoms with van der Waals surface area (Å²) in [5, 5.41) is 5.20. The van der Waals surface area contributed by atoms with Crippen molar-refractivity contribution in [2.24, 2.45) is 12.8 Å². The molecule has 98 valence electrons. The van der Waals surface area contributed by atoms with E-state index in [1.165, 1.54) is 10.4 Å². The molecule has 2 aromatic rings. The molecule has 0 saturated carbocycles. The van der Waals surface area contributed by atoms with Gasteiger partial charge in [-0.25, -0.2) is 4.98 Å². The van der Waals surface area contributed by atoms with Crippen molar-refractivity contribution in [2.45, 2.75) is 26.4 Å². The van der Waals surface area contributed by atoms with Gasteiger partial charge in [-0.15, -0.1) is 11.3 Å². The molecule has 0 radical (unpaired) electrons. The van der Waals surface area contributed by atoms with Crippen molar-refractivity contribution < 1.29 is 0 Å². The maximum Gasteiger partial charge on any atom is 0.185 e. The average molecular weight is 265 g/mol. The van der Waals surface area contributed by atoms with Crippen LogP contribution in [0.5, 0.6) is 0 Å². The first-order valence-electron chi connectivity index (χ1n) is 6.01. The molecule has 0 fully saturated rings. The fourth-order valence-corrected chi connectivity index (χ4v) is 2.85. The third-order valence-corrected chi connectivity index (χ3v) is 4.03. The summed E-state index contributed by atoms with van der Waals surface area (Å²) in [4.78, 5) is 7.96. The van der Waals surface area contributed by atoms with Crippen LogP contribution in [0, 0.1) is 0 Å². The highest BCUT2D eigenvalue weighted by atomic mass is 32.1. The fraction of sp³-hybridized carbons (Fsp3) is 0.500. The molecule has 0 spiro atoms. The Hall–Kier alpha value is -1.40. The molecule has 18 heavy (non-hydrogen) atoms. The highest BCUT2D eigenvalue weighted by Gasteiger charge is 2.12. The first-order valence-corrected chi connectivity index (χ1v) is 6.83. The Labute approximate surface area is 111 Å².